The van der Waals surface area contributed by atoms with Gasteiger partial charge in [0.25, 0.3) is 0 Å². The lowest BCUT2D eigenvalue weighted by atomic mass is 10.2. The summed E-state index contributed by atoms with van der Waals surface area (Å²) < 4.78 is 11.4. The van der Waals surface area contributed by atoms with E-state index in [0.29, 0.717) is 11.6 Å². The van der Waals surface area contributed by atoms with E-state index in [1.165, 1.54) is 5.56 Å². The monoisotopic (exact) mass is 276 g/mol. The van der Waals surface area contributed by atoms with Crippen LogP contribution in [0.2, 0.25) is 5.02 Å². The van der Waals surface area contributed by atoms with Crippen molar-refractivity contribution in [2.24, 2.45) is 0 Å². The predicted molar refractivity (Wildman–Crippen MR) is 78.2 cm³/mol. The summed E-state index contributed by atoms with van der Waals surface area (Å²) in [7, 11) is 0. The summed E-state index contributed by atoms with van der Waals surface area (Å²) in [5.74, 6) is 1.65. The van der Waals surface area contributed by atoms with E-state index in [4.69, 9.17) is 21.1 Å². The lowest BCUT2D eigenvalue weighted by Gasteiger charge is -2.15. The Morgan fingerprint density at radius 3 is 2.16 bits per heavy atom. The van der Waals surface area contributed by atoms with Crippen LogP contribution in [0.4, 0.5) is 0 Å². The smallest absolute Gasteiger partial charge is 0.130 e. The Balaban J connectivity index is 1.82. The van der Waals surface area contributed by atoms with E-state index in [0.717, 1.165) is 11.5 Å². The Bertz CT molecular complexity index is 505. The molecule has 19 heavy (non-hydrogen) atoms. The minimum absolute atomic E-state index is 0.0154. The predicted octanol–water partition coefficient (Wildman–Crippen LogP) is 4.49. The molecule has 1 unspecified atom stereocenters. The Morgan fingerprint density at radius 2 is 1.53 bits per heavy atom. The van der Waals surface area contributed by atoms with Crippen molar-refractivity contribution in [3.63, 3.8) is 0 Å². The number of halogens is 1. The fraction of sp³-hybridized carbons (Fsp3) is 0.250. The Morgan fingerprint density at radius 1 is 0.947 bits per heavy atom. The van der Waals surface area contributed by atoms with E-state index in [-0.39, 0.29) is 6.10 Å². The molecule has 0 saturated heterocycles. The fourth-order valence-corrected chi connectivity index (χ4v) is 1.75. The maximum Gasteiger partial charge on any atom is 0.130 e. The van der Waals surface area contributed by atoms with Crippen LogP contribution in [0.1, 0.15) is 12.5 Å². The van der Waals surface area contributed by atoms with E-state index in [1.54, 1.807) is 0 Å². The van der Waals surface area contributed by atoms with E-state index in [1.807, 2.05) is 55.5 Å². The van der Waals surface area contributed by atoms with Gasteiger partial charge in [-0.3, -0.25) is 0 Å². The van der Waals surface area contributed by atoms with Crippen LogP contribution >= 0.6 is 11.6 Å². The summed E-state index contributed by atoms with van der Waals surface area (Å²) in [5, 5.41) is 0.705. The lowest BCUT2D eigenvalue weighted by Crippen LogP contribution is -2.21. The van der Waals surface area contributed by atoms with Gasteiger partial charge in [-0.2, -0.15) is 0 Å². The second kappa shape index (κ2) is 6.48. The highest BCUT2D eigenvalue weighted by molar-refractivity contribution is 6.30. The highest BCUT2D eigenvalue weighted by atomic mass is 35.5. The van der Waals surface area contributed by atoms with Crippen molar-refractivity contribution in [3.05, 3.63) is 59.1 Å². The molecule has 2 aromatic carbocycles. The normalized spacial score (nSPS) is 11.9. The zero-order valence-corrected chi connectivity index (χ0v) is 11.9. The largest absolute Gasteiger partial charge is 0.490 e. The summed E-state index contributed by atoms with van der Waals surface area (Å²) in [4.78, 5) is 0. The van der Waals surface area contributed by atoms with Gasteiger partial charge in [-0.15, -0.1) is 0 Å². The molecule has 0 fully saturated rings. The molecular weight excluding hydrogens is 260 g/mol. The SMILES string of the molecule is Cc1ccc(OC(C)COc2ccc(Cl)cc2)cc1. The molecule has 3 heteroatoms. The van der Waals surface area contributed by atoms with Crippen molar-refractivity contribution >= 4 is 11.6 Å². The molecule has 2 rings (SSSR count). The van der Waals surface area contributed by atoms with Gasteiger partial charge in [-0.25, -0.2) is 0 Å². The Kier molecular flexibility index (Phi) is 4.69. The topological polar surface area (TPSA) is 18.5 Å². The molecule has 2 aromatic rings. The van der Waals surface area contributed by atoms with Gasteiger partial charge in [-0.05, 0) is 50.2 Å². The molecule has 0 aliphatic heterocycles. The molecule has 0 aromatic heterocycles. The number of hydrogen-bond donors (Lipinski definition) is 0. The maximum atomic E-state index is 5.81. The molecule has 0 saturated carbocycles. The molecule has 1 atom stereocenters. The van der Waals surface area contributed by atoms with Gasteiger partial charge in [0.15, 0.2) is 0 Å². The number of rotatable bonds is 5. The minimum atomic E-state index is -0.0154. The molecular formula is C16H17ClO2. The highest BCUT2D eigenvalue weighted by Gasteiger charge is 2.05. The van der Waals surface area contributed by atoms with Crippen molar-refractivity contribution in [1.82, 2.24) is 0 Å². The van der Waals surface area contributed by atoms with Crippen LogP contribution < -0.4 is 9.47 Å². The molecule has 100 valence electrons. The van der Waals surface area contributed by atoms with Gasteiger partial charge in [0, 0.05) is 5.02 Å². The van der Waals surface area contributed by atoms with Gasteiger partial charge < -0.3 is 9.47 Å². The summed E-state index contributed by atoms with van der Waals surface area (Å²) in [6.07, 6.45) is -0.0154. The molecule has 0 spiro atoms. The Labute approximate surface area is 118 Å². The van der Waals surface area contributed by atoms with E-state index in [2.05, 4.69) is 6.92 Å². The van der Waals surface area contributed by atoms with Crippen molar-refractivity contribution in [3.8, 4) is 11.5 Å². The van der Waals surface area contributed by atoms with Crippen molar-refractivity contribution in [2.75, 3.05) is 6.61 Å². The molecule has 0 amide bonds. The van der Waals surface area contributed by atoms with Gasteiger partial charge in [0.2, 0.25) is 0 Å². The van der Waals surface area contributed by atoms with E-state index >= 15 is 0 Å². The third-order valence-electron chi connectivity index (χ3n) is 2.66. The van der Waals surface area contributed by atoms with Crippen LogP contribution in [0.5, 0.6) is 11.5 Å². The zero-order valence-electron chi connectivity index (χ0n) is 11.1. The molecule has 0 bridgehead atoms. The number of hydrogen-bond acceptors (Lipinski definition) is 2. The molecule has 0 heterocycles. The van der Waals surface area contributed by atoms with Crippen LogP contribution in [0.15, 0.2) is 48.5 Å². The first-order valence-electron chi connectivity index (χ1n) is 6.25. The fourth-order valence-electron chi connectivity index (χ4n) is 1.63. The molecule has 0 aliphatic carbocycles. The van der Waals surface area contributed by atoms with Crippen molar-refractivity contribution in [2.45, 2.75) is 20.0 Å². The third kappa shape index (κ3) is 4.49. The summed E-state index contributed by atoms with van der Waals surface area (Å²) in [6, 6.07) is 15.3. The first kappa shape index (κ1) is 13.8. The van der Waals surface area contributed by atoms with E-state index < -0.39 is 0 Å². The standard InChI is InChI=1S/C16H17ClO2/c1-12-3-7-16(8-4-12)19-13(2)11-18-15-9-5-14(17)6-10-15/h3-10,13H,11H2,1-2H3. The molecule has 0 radical (unpaired) electrons. The average molecular weight is 277 g/mol. The maximum absolute atomic E-state index is 5.81. The van der Waals surface area contributed by atoms with Gasteiger partial charge in [0.05, 0.1) is 0 Å². The summed E-state index contributed by atoms with van der Waals surface area (Å²) in [5.41, 5.74) is 1.22. The number of ether oxygens (including phenoxy) is 2. The van der Waals surface area contributed by atoms with E-state index in [9.17, 15) is 0 Å². The summed E-state index contributed by atoms with van der Waals surface area (Å²) in [6.45, 7) is 4.53. The lowest BCUT2D eigenvalue weighted by molar-refractivity contribution is 0.143. The summed E-state index contributed by atoms with van der Waals surface area (Å²) >= 11 is 5.81. The van der Waals surface area contributed by atoms with Crippen LogP contribution in [0.3, 0.4) is 0 Å². The zero-order chi connectivity index (χ0) is 13.7. The van der Waals surface area contributed by atoms with Crippen LogP contribution in [0, 0.1) is 6.92 Å². The second-order valence-corrected chi connectivity index (χ2v) is 4.94. The van der Waals surface area contributed by atoms with Crippen molar-refractivity contribution in [1.29, 1.82) is 0 Å². The number of aryl methyl sites for hydroxylation is 1. The van der Waals surface area contributed by atoms with Gasteiger partial charge in [-0.1, -0.05) is 29.3 Å². The average Bonchev–Trinajstić information content (AvgIpc) is 2.41. The second-order valence-electron chi connectivity index (χ2n) is 4.51. The Hall–Kier alpha value is -1.67. The van der Waals surface area contributed by atoms with Crippen LogP contribution in [0.25, 0.3) is 0 Å². The number of benzene rings is 2. The van der Waals surface area contributed by atoms with Crippen molar-refractivity contribution < 1.29 is 9.47 Å². The van der Waals surface area contributed by atoms with Crippen LogP contribution in [-0.4, -0.2) is 12.7 Å². The molecule has 0 N–H and O–H groups in total. The van der Waals surface area contributed by atoms with Crippen LogP contribution in [-0.2, 0) is 0 Å². The highest BCUT2D eigenvalue weighted by Crippen LogP contribution is 2.17. The molecule has 2 nitrogen and oxygen atoms in total. The van der Waals surface area contributed by atoms with Gasteiger partial charge >= 0.3 is 0 Å². The first-order chi connectivity index (χ1) is 9.13. The minimum Gasteiger partial charge on any atom is -0.490 e. The first-order valence-corrected chi connectivity index (χ1v) is 6.63. The molecule has 0 aliphatic rings. The quantitative estimate of drug-likeness (QED) is 0.801. The third-order valence-corrected chi connectivity index (χ3v) is 2.91. The van der Waals surface area contributed by atoms with Gasteiger partial charge in [0.1, 0.15) is 24.2 Å².